The van der Waals surface area contributed by atoms with E-state index in [4.69, 9.17) is 5.73 Å². The van der Waals surface area contributed by atoms with Gasteiger partial charge in [0.15, 0.2) is 0 Å². The lowest BCUT2D eigenvalue weighted by atomic mass is 10.1. The number of nitrogens with two attached hydrogens (primary N) is 1. The zero-order valence-corrected chi connectivity index (χ0v) is 12.5. The fourth-order valence-corrected chi connectivity index (χ4v) is 2.28. The Bertz CT molecular complexity index is 548. The molecule has 1 aromatic carbocycles. The monoisotopic (exact) mass is 269 g/mol. The molecule has 3 nitrogen and oxygen atoms in total. The molecule has 1 heterocycles. The van der Waals surface area contributed by atoms with Crippen LogP contribution in [-0.4, -0.2) is 23.5 Å². The maximum atomic E-state index is 6.27. The molecule has 1 atom stereocenters. The van der Waals surface area contributed by atoms with Crippen molar-refractivity contribution >= 4 is 0 Å². The minimum absolute atomic E-state index is 0.0328. The van der Waals surface area contributed by atoms with Crippen molar-refractivity contribution < 1.29 is 0 Å². The molecule has 0 radical (unpaired) electrons. The molecule has 0 saturated heterocycles. The summed E-state index contributed by atoms with van der Waals surface area (Å²) in [6.07, 6.45) is 0. The summed E-state index contributed by atoms with van der Waals surface area (Å²) in [4.78, 5) is 6.74. The molecule has 1 unspecified atom stereocenters. The average molecular weight is 269 g/mol. The van der Waals surface area contributed by atoms with Crippen LogP contribution in [0.25, 0.3) is 0 Å². The van der Waals surface area contributed by atoms with Crippen molar-refractivity contribution in [2.75, 3.05) is 13.6 Å². The maximum Gasteiger partial charge on any atom is 0.0547 e. The van der Waals surface area contributed by atoms with E-state index in [1.165, 1.54) is 11.1 Å². The Hall–Kier alpha value is -1.71. The third-order valence-electron chi connectivity index (χ3n) is 3.39. The number of hydrogen-bond acceptors (Lipinski definition) is 3. The average Bonchev–Trinajstić information content (AvgIpc) is 2.39. The molecule has 0 saturated carbocycles. The first-order valence-corrected chi connectivity index (χ1v) is 6.98. The number of hydrogen-bond donors (Lipinski definition) is 1. The molecule has 0 aliphatic rings. The normalized spacial score (nSPS) is 12.7. The van der Waals surface area contributed by atoms with Gasteiger partial charge in [-0.2, -0.15) is 0 Å². The smallest absolute Gasteiger partial charge is 0.0547 e. The van der Waals surface area contributed by atoms with Crippen LogP contribution in [0, 0.1) is 13.8 Å². The summed E-state index contributed by atoms with van der Waals surface area (Å²) in [5.74, 6) is 0. The number of aromatic nitrogens is 1. The van der Waals surface area contributed by atoms with Crippen molar-refractivity contribution in [1.82, 2.24) is 9.88 Å². The van der Waals surface area contributed by atoms with Crippen molar-refractivity contribution in [3.05, 3.63) is 65.0 Å². The minimum atomic E-state index is 0.0328. The Morgan fingerprint density at radius 1 is 1.10 bits per heavy atom. The predicted octanol–water partition coefficient (Wildman–Crippen LogP) is 2.83. The molecule has 2 rings (SSSR count). The van der Waals surface area contributed by atoms with E-state index < -0.39 is 0 Å². The molecule has 20 heavy (non-hydrogen) atoms. The molecule has 0 fully saturated rings. The van der Waals surface area contributed by atoms with Crippen LogP contribution in [-0.2, 0) is 6.54 Å². The van der Waals surface area contributed by atoms with Gasteiger partial charge in [0.1, 0.15) is 0 Å². The van der Waals surface area contributed by atoms with Gasteiger partial charge in [-0.1, -0.05) is 35.9 Å². The van der Waals surface area contributed by atoms with E-state index in [-0.39, 0.29) is 6.04 Å². The lowest BCUT2D eigenvalue weighted by molar-refractivity contribution is 0.301. The van der Waals surface area contributed by atoms with Crippen molar-refractivity contribution in [1.29, 1.82) is 0 Å². The lowest BCUT2D eigenvalue weighted by Gasteiger charge is -2.21. The molecule has 0 bridgehead atoms. The summed E-state index contributed by atoms with van der Waals surface area (Å²) in [6, 6.07) is 14.6. The molecule has 0 aliphatic heterocycles. The number of rotatable bonds is 5. The second-order valence-corrected chi connectivity index (χ2v) is 5.48. The standard InChI is InChI=1S/C17H23N3/c1-13-7-9-15(10-8-13)17(18)12-20(3)11-16-6-4-5-14(2)19-16/h4-10,17H,11-12,18H2,1-3H3. The summed E-state index contributed by atoms with van der Waals surface area (Å²) in [7, 11) is 2.08. The fraction of sp³-hybridized carbons (Fsp3) is 0.353. The highest BCUT2D eigenvalue weighted by molar-refractivity contribution is 5.24. The van der Waals surface area contributed by atoms with Crippen molar-refractivity contribution in [3.63, 3.8) is 0 Å². The van der Waals surface area contributed by atoms with Crippen molar-refractivity contribution in [2.45, 2.75) is 26.4 Å². The topological polar surface area (TPSA) is 42.1 Å². The summed E-state index contributed by atoms with van der Waals surface area (Å²) >= 11 is 0. The highest BCUT2D eigenvalue weighted by atomic mass is 15.1. The van der Waals surface area contributed by atoms with Gasteiger partial charge >= 0.3 is 0 Å². The number of benzene rings is 1. The molecule has 0 spiro atoms. The van der Waals surface area contributed by atoms with E-state index in [9.17, 15) is 0 Å². The Balaban J connectivity index is 1.93. The van der Waals surface area contributed by atoms with Gasteiger partial charge < -0.3 is 5.73 Å². The quantitative estimate of drug-likeness (QED) is 0.907. The van der Waals surface area contributed by atoms with Gasteiger partial charge in [-0.3, -0.25) is 9.88 Å². The summed E-state index contributed by atoms with van der Waals surface area (Å²) in [5.41, 5.74) is 10.9. The van der Waals surface area contributed by atoms with Crippen molar-refractivity contribution in [2.24, 2.45) is 5.73 Å². The summed E-state index contributed by atoms with van der Waals surface area (Å²) < 4.78 is 0. The second kappa shape index (κ2) is 6.64. The third kappa shape index (κ3) is 4.15. The van der Waals surface area contributed by atoms with Crippen LogP contribution in [0.2, 0.25) is 0 Å². The SMILES string of the molecule is Cc1ccc(C(N)CN(C)Cc2cccc(C)n2)cc1. The van der Waals surface area contributed by atoms with Gasteiger partial charge in [-0.25, -0.2) is 0 Å². The molecule has 106 valence electrons. The summed E-state index contributed by atoms with van der Waals surface area (Å²) in [5, 5.41) is 0. The van der Waals surface area contributed by atoms with Crippen LogP contribution in [0.1, 0.15) is 28.6 Å². The van der Waals surface area contributed by atoms with Crippen LogP contribution >= 0.6 is 0 Å². The number of aryl methyl sites for hydroxylation is 2. The van der Waals surface area contributed by atoms with Gasteiger partial charge in [0.05, 0.1) is 5.69 Å². The molecule has 0 amide bonds. The highest BCUT2D eigenvalue weighted by Gasteiger charge is 2.10. The Morgan fingerprint density at radius 2 is 1.80 bits per heavy atom. The Labute approximate surface area is 121 Å². The third-order valence-corrected chi connectivity index (χ3v) is 3.39. The first kappa shape index (κ1) is 14.7. The Kier molecular flexibility index (Phi) is 4.88. The first-order valence-electron chi connectivity index (χ1n) is 6.98. The first-order chi connectivity index (χ1) is 9.54. The largest absolute Gasteiger partial charge is 0.323 e. The van der Waals surface area contributed by atoms with Gasteiger partial charge in [0.25, 0.3) is 0 Å². The van der Waals surface area contributed by atoms with Crippen LogP contribution in [0.15, 0.2) is 42.5 Å². The molecule has 3 heteroatoms. The van der Waals surface area contributed by atoms with Crippen LogP contribution < -0.4 is 5.73 Å². The minimum Gasteiger partial charge on any atom is -0.323 e. The van der Waals surface area contributed by atoms with E-state index in [0.717, 1.165) is 24.5 Å². The van der Waals surface area contributed by atoms with E-state index in [1.54, 1.807) is 0 Å². The van der Waals surface area contributed by atoms with E-state index in [2.05, 4.69) is 54.2 Å². The van der Waals surface area contributed by atoms with Gasteiger partial charge in [0, 0.05) is 24.8 Å². The van der Waals surface area contributed by atoms with E-state index >= 15 is 0 Å². The molecule has 1 aromatic heterocycles. The zero-order chi connectivity index (χ0) is 14.5. The van der Waals surface area contributed by atoms with E-state index in [1.807, 2.05) is 19.1 Å². The van der Waals surface area contributed by atoms with E-state index in [0.29, 0.717) is 0 Å². The molecule has 0 aliphatic carbocycles. The molecular weight excluding hydrogens is 246 g/mol. The van der Waals surface area contributed by atoms with Crippen LogP contribution in [0.4, 0.5) is 0 Å². The van der Waals surface area contributed by atoms with Gasteiger partial charge in [-0.05, 0) is 38.6 Å². The lowest BCUT2D eigenvalue weighted by Crippen LogP contribution is -2.29. The number of pyridine rings is 1. The summed E-state index contributed by atoms with van der Waals surface area (Å²) in [6.45, 7) is 5.74. The van der Waals surface area contributed by atoms with Gasteiger partial charge in [-0.15, -0.1) is 0 Å². The molecule has 2 N–H and O–H groups in total. The maximum absolute atomic E-state index is 6.27. The fourth-order valence-electron chi connectivity index (χ4n) is 2.28. The van der Waals surface area contributed by atoms with Gasteiger partial charge in [0.2, 0.25) is 0 Å². The van der Waals surface area contributed by atoms with Crippen LogP contribution in [0.5, 0.6) is 0 Å². The zero-order valence-electron chi connectivity index (χ0n) is 12.5. The molecule has 2 aromatic rings. The number of nitrogens with zero attached hydrogens (tertiary/aromatic N) is 2. The highest BCUT2D eigenvalue weighted by Crippen LogP contribution is 2.13. The Morgan fingerprint density at radius 3 is 2.45 bits per heavy atom. The number of likely N-dealkylation sites (N-methyl/N-ethyl adjacent to an activating group) is 1. The molecular formula is C17H23N3. The van der Waals surface area contributed by atoms with Crippen molar-refractivity contribution in [3.8, 4) is 0 Å². The predicted molar refractivity (Wildman–Crippen MR) is 83.4 cm³/mol. The van der Waals surface area contributed by atoms with Crippen LogP contribution in [0.3, 0.4) is 0 Å². The second-order valence-electron chi connectivity index (χ2n) is 5.48.